The molecule has 1 aromatic rings. The van der Waals surface area contributed by atoms with Crippen molar-refractivity contribution in [3.63, 3.8) is 0 Å². The summed E-state index contributed by atoms with van der Waals surface area (Å²) in [7, 11) is 0. The normalized spacial score (nSPS) is 17.7. The van der Waals surface area contributed by atoms with Crippen molar-refractivity contribution >= 4 is 17.3 Å². The van der Waals surface area contributed by atoms with Crippen LogP contribution in [0.3, 0.4) is 0 Å². The van der Waals surface area contributed by atoms with Crippen LogP contribution in [0.2, 0.25) is 5.02 Å². The molecule has 82 valence electrons. The van der Waals surface area contributed by atoms with Crippen molar-refractivity contribution in [1.82, 2.24) is 0 Å². The maximum absolute atomic E-state index is 6.08. The highest BCUT2D eigenvalue weighted by Gasteiger charge is 2.13. The molecule has 2 rings (SSSR count). The lowest BCUT2D eigenvalue weighted by Crippen LogP contribution is -2.17. The van der Waals surface area contributed by atoms with Crippen LogP contribution in [0.25, 0.3) is 0 Å². The van der Waals surface area contributed by atoms with Gasteiger partial charge in [0.2, 0.25) is 0 Å². The largest absolute Gasteiger partial charge is 0.384 e. The molecule has 0 heterocycles. The third-order valence-electron chi connectivity index (χ3n) is 3.18. The number of halogens is 1. The molecule has 1 fully saturated rings. The van der Waals surface area contributed by atoms with Crippen molar-refractivity contribution in [3.05, 3.63) is 29.3 Å². The van der Waals surface area contributed by atoms with Crippen LogP contribution in [-0.4, -0.2) is 6.54 Å². The zero-order chi connectivity index (χ0) is 10.5. The topological polar surface area (TPSA) is 12.0 Å². The van der Waals surface area contributed by atoms with E-state index in [-0.39, 0.29) is 0 Å². The molecule has 0 aliphatic heterocycles. The molecule has 0 saturated heterocycles. The van der Waals surface area contributed by atoms with E-state index in [1.807, 2.05) is 24.3 Å². The fraction of sp³-hybridized carbons (Fsp3) is 0.538. The SMILES string of the molecule is Clc1ccccc1NCC1CCCCC1. The van der Waals surface area contributed by atoms with Crippen molar-refractivity contribution in [2.45, 2.75) is 32.1 Å². The van der Waals surface area contributed by atoms with E-state index in [0.29, 0.717) is 0 Å². The van der Waals surface area contributed by atoms with Gasteiger partial charge in [0.15, 0.2) is 0 Å². The third kappa shape index (κ3) is 3.13. The van der Waals surface area contributed by atoms with E-state index in [0.717, 1.165) is 23.2 Å². The zero-order valence-electron chi connectivity index (χ0n) is 9.01. The highest BCUT2D eigenvalue weighted by Crippen LogP contribution is 2.26. The summed E-state index contributed by atoms with van der Waals surface area (Å²) >= 11 is 6.08. The molecule has 0 aromatic heterocycles. The average Bonchev–Trinajstić information content (AvgIpc) is 2.29. The minimum atomic E-state index is 0.827. The molecule has 0 atom stereocenters. The van der Waals surface area contributed by atoms with Gasteiger partial charge in [0.05, 0.1) is 10.7 Å². The maximum Gasteiger partial charge on any atom is 0.0637 e. The quantitative estimate of drug-likeness (QED) is 0.804. The molecule has 0 unspecified atom stereocenters. The van der Waals surface area contributed by atoms with E-state index < -0.39 is 0 Å². The Labute approximate surface area is 96.8 Å². The summed E-state index contributed by atoms with van der Waals surface area (Å²) in [4.78, 5) is 0. The van der Waals surface area contributed by atoms with Gasteiger partial charge in [-0.25, -0.2) is 0 Å². The Kier molecular flexibility index (Phi) is 3.90. The van der Waals surface area contributed by atoms with Crippen molar-refractivity contribution in [1.29, 1.82) is 0 Å². The monoisotopic (exact) mass is 223 g/mol. The lowest BCUT2D eigenvalue weighted by Gasteiger charge is -2.22. The second-order valence-electron chi connectivity index (χ2n) is 4.36. The van der Waals surface area contributed by atoms with Crippen LogP contribution >= 0.6 is 11.6 Å². The molecular weight excluding hydrogens is 206 g/mol. The minimum Gasteiger partial charge on any atom is -0.384 e. The summed E-state index contributed by atoms with van der Waals surface area (Å²) in [6.07, 6.45) is 6.96. The number of anilines is 1. The molecule has 2 heteroatoms. The Hall–Kier alpha value is -0.690. The standard InChI is InChI=1S/C13H18ClN/c14-12-8-4-5-9-13(12)15-10-11-6-2-1-3-7-11/h4-5,8-9,11,15H,1-3,6-7,10H2. The summed E-state index contributed by atoms with van der Waals surface area (Å²) in [6.45, 7) is 1.07. The Bertz CT molecular complexity index is 305. The first-order chi connectivity index (χ1) is 7.36. The summed E-state index contributed by atoms with van der Waals surface area (Å²) in [5.74, 6) is 0.843. The van der Waals surface area contributed by atoms with Crippen LogP contribution in [0.5, 0.6) is 0 Å². The van der Waals surface area contributed by atoms with Crippen LogP contribution in [0.4, 0.5) is 5.69 Å². The Morgan fingerprint density at radius 2 is 1.87 bits per heavy atom. The molecule has 1 nitrogen and oxygen atoms in total. The lowest BCUT2D eigenvalue weighted by molar-refractivity contribution is 0.373. The summed E-state index contributed by atoms with van der Waals surface area (Å²) in [5, 5.41) is 4.28. The first-order valence-electron chi connectivity index (χ1n) is 5.84. The van der Waals surface area contributed by atoms with E-state index in [2.05, 4.69) is 5.32 Å². The fourth-order valence-electron chi connectivity index (χ4n) is 2.25. The Morgan fingerprint density at radius 1 is 1.13 bits per heavy atom. The van der Waals surface area contributed by atoms with Gasteiger partial charge < -0.3 is 5.32 Å². The number of hydrogen-bond donors (Lipinski definition) is 1. The van der Waals surface area contributed by atoms with E-state index in [1.54, 1.807) is 0 Å². The molecule has 0 amide bonds. The van der Waals surface area contributed by atoms with Gasteiger partial charge in [0.1, 0.15) is 0 Å². The van der Waals surface area contributed by atoms with Gasteiger partial charge >= 0.3 is 0 Å². The summed E-state index contributed by atoms with van der Waals surface area (Å²) in [5.41, 5.74) is 1.07. The predicted octanol–water partition coefficient (Wildman–Crippen LogP) is 4.33. The smallest absolute Gasteiger partial charge is 0.0637 e. The predicted molar refractivity (Wildman–Crippen MR) is 66.5 cm³/mol. The number of rotatable bonds is 3. The van der Waals surface area contributed by atoms with Crippen LogP contribution in [0, 0.1) is 5.92 Å². The average molecular weight is 224 g/mol. The van der Waals surface area contributed by atoms with E-state index in [9.17, 15) is 0 Å². The number of hydrogen-bond acceptors (Lipinski definition) is 1. The van der Waals surface area contributed by atoms with Crippen molar-refractivity contribution in [2.24, 2.45) is 5.92 Å². The number of benzene rings is 1. The molecule has 0 bridgehead atoms. The second kappa shape index (κ2) is 5.41. The van der Waals surface area contributed by atoms with E-state index in [4.69, 9.17) is 11.6 Å². The van der Waals surface area contributed by atoms with Gasteiger partial charge in [0.25, 0.3) is 0 Å². The third-order valence-corrected chi connectivity index (χ3v) is 3.51. The molecule has 0 spiro atoms. The first kappa shape index (κ1) is 10.8. The second-order valence-corrected chi connectivity index (χ2v) is 4.77. The van der Waals surface area contributed by atoms with Crippen LogP contribution in [-0.2, 0) is 0 Å². The highest BCUT2D eigenvalue weighted by molar-refractivity contribution is 6.33. The van der Waals surface area contributed by atoms with Crippen LogP contribution in [0.1, 0.15) is 32.1 Å². The van der Waals surface area contributed by atoms with E-state index >= 15 is 0 Å². The molecule has 1 aliphatic carbocycles. The highest BCUT2D eigenvalue weighted by atomic mass is 35.5. The van der Waals surface area contributed by atoms with Gasteiger partial charge in [-0.05, 0) is 30.9 Å². The Morgan fingerprint density at radius 3 is 2.60 bits per heavy atom. The maximum atomic E-state index is 6.08. The lowest BCUT2D eigenvalue weighted by atomic mass is 9.89. The summed E-state index contributed by atoms with van der Waals surface area (Å²) < 4.78 is 0. The number of nitrogens with one attached hydrogen (secondary N) is 1. The van der Waals surface area contributed by atoms with Crippen molar-refractivity contribution in [3.8, 4) is 0 Å². The molecular formula is C13H18ClN. The number of para-hydroxylation sites is 1. The van der Waals surface area contributed by atoms with E-state index in [1.165, 1.54) is 32.1 Å². The molecule has 1 aliphatic rings. The summed E-state index contributed by atoms with van der Waals surface area (Å²) in [6, 6.07) is 7.97. The molecule has 1 N–H and O–H groups in total. The molecule has 0 radical (unpaired) electrons. The van der Waals surface area contributed by atoms with Gasteiger partial charge in [0, 0.05) is 6.54 Å². The fourth-order valence-corrected chi connectivity index (χ4v) is 2.45. The van der Waals surface area contributed by atoms with Gasteiger partial charge in [-0.1, -0.05) is 43.0 Å². The molecule has 1 aromatic carbocycles. The van der Waals surface area contributed by atoms with Gasteiger partial charge in [-0.15, -0.1) is 0 Å². The van der Waals surface area contributed by atoms with Crippen LogP contribution < -0.4 is 5.32 Å². The van der Waals surface area contributed by atoms with Gasteiger partial charge in [-0.2, -0.15) is 0 Å². The van der Waals surface area contributed by atoms with Crippen LogP contribution in [0.15, 0.2) is 24.3 Å². The molecule has 1 saturated carbocycles. The Balaban J connectivity index is 1.84. The first-order valence-corrected chi connectivity index (χ1v) is 6.22. The van der Waals surface area contributed by atoms with Crippen molar-refractivity contribution < 1.29 is 0 Å². The minimum absolute atomic E-state index is 0.827. The zero-order valence-corrected chi connectivity index (χ0v) is 9.76. The molecule has 15 heavy (non-hydrogen) atoms. The van der Waals surface area contributed by atoms with Crippen molar-refractivity contribution in [2.75, 3.05) is 11.9 Å². The van der Waals surface area contributed by atoms with Gasteiger partial charge in [-0.3, -0.25) is 0 Å².